The van der Waals surface area contributed by atoms with Crippen LogP contribution >= 0.6 is 15.9 Å². The SMILES string of the molecule is CCCOC(CNC)c1ccccc1Br. The van der Waals surface area contributed by atoms with Gasteiger partial charge in [0.25, 0.3) is 0 Å². The highest BCUT2D eigenvalue weighted by atomic mass is 79.9. The highest BCUT2D eigenvalue weighted by molar-refractivity contribution is 9.10. The van der Waals surface area contributed by atoms with Crippen LogP contribution in [0.25, 0.3) is 0 Å². The third-order valence-corrected chi connectivity index (χ3v) is 2.89. The van der Waals surface area contributed by atoms with E-state index >= 15 is 0 Å². The van der Waals surface area contributed by atoms with Crippen LogP contribution in [0.2, 0.25) is 0 Å². The van der Waals surface area contributed by atoms with Crippen LogP contribution in [0.4, 0.5) is 0 Å². The summed E-state index contributed by atoms with van der Waals surface area (Å²) in [6, 6.07) is 8.21. The first-order chi connectivity index (χ1) is 7.29. The fourth-order valence-corrected chi connectivity index (χ4v) is 1.98. The van der Waals surface area contributed by atoms with E-state index in [2.05, 4.69) is 34.2 Å². The van der Waals surface area contributed by atoms with E-state index in [-0.39, 0.29) is 6.10 Å². The molecule has 1 aromatic rings. The molecule has 0 saturated carbocycles. The molecule has 2 nitrogen and oxygen atoms in total. The van der Waals surface area contributed by atoms with Gasteiger partial charge in [-0.2, -0.15) is 0 Å². The highest BCUT2D eigenvalue weighted by Crippen LogP contribution is 2.25. The molecule has 0 amide bonds. The van der Waals surface area contributed by atoms with Gasteiger partial charge in [-0.3, -0.25) is 0 Å². The Bertz CT molecular complexity index is 291. The van der Waals surface area contributed by atoms with E-state index in [1.54, 1.807) is 0 Å². The van der Waals surface area contributed by atoms with E-state index in [1.165, 1.54) is 5.56 Å². The molecule has 1 aromatic carbocycles. The second kappa shape index (κ2) is 6.99. The minimum absolute atomic E-state index is 0.130. The van der Waals surface area contributed by atoms with E-state index < -0.39 is 0 Å². The maximum absolute atomic E-state index is 5.81. The van der Waals surface area contributed by atoms with Gasteiger partial charge in [-0.05, 0) is 25.1 Å². The van der Waals surface area contributed by atoms with Crippen molar-refractivity contribution in [2.24, 2.45) is 0 Å². The lowest BCUT2D eigenvalue weighted by Crippen LogP contribution is -2.20. The summed E-state index contributed by atoms with van der Waals surface area (Å²) in [5, 5.41) is 3.16. The van der Waals surface area contributed by atoms with Gasteiger partial charge in [-0.15, -0.1) is 0 Å². The molecule has 0 aliphatic rings. The Hall–Kier alpha value is -0.380. The molecule has 1 atom stereocenters. The molecule has 0 heterocycles. The molecular weight excluding hydrogens is 254 g/mol. The minimum Gasteiger partial charge on any atom is -0.372 e. The van der Waals surface area contributed by atoms with Crippen LogP contribution < -0.4 is 5.32 Å². The molecule has 0 bridgehead atoms. The topological polar surface area (TPSA) is 21.3 Å². The minimum atomic E-state index is 0.130. The number of benzene rings is 1. The Balaban J connectivity index is 2.74. The smallest absolute Gasteiger partial charge is 0.0959 e. The van der Waals surface area contributed by atoms with Crippen LogP contribution in [0.3, 0.4) is 0 Å². The summed E-state index contributed by atoms with van der Waals surface area (Å²) >= 11 is 3.55. The molecule has 3 heteroatoms. The van der Waals surface area contributed by atoms with Crippen molar-refractivity contribution in [3.8, 4) is 0 Å². The Kier molecular flexibility index (Phi) is 5.91. The van der Waals surface area contributed by atoms with Crippen LogP contribution in [0.5, 0.6) is 0 Å². The first kappa shape index (κ1) is 12.7. The summed E-state index contributed by atoms with van der Waals surface area (Å²) < 4.78 is 6.92. The number of rotatable bonds is 6. The molecule has 84 valence electrons. The number of nitrogens with one attached hydrogen (secondary N) is 1. The maximum atomic E-state index is 5.81. The molecule has 0 radical (unpaired) electrons. The summed E-state index contributed by atoms with van der Waals surface area (Å²) in [5.74, 6) is 0. The van der Waals surface area contributed by atoms with Crippen molar-refractivity contribution in [2.75, 3.05) is 20.2 Å². The summed E-state index contributed by atoms with van der Waals surface area (Å²) in [6.45, 7) is 3.76. The Labute approximate surface area is 100 Å². The van der Waals surface area contributed by atoms with Crippen molar-refractivity contribution in [3.63, 3.8) is 0 Å². The van der Waals surface area contributed by atoms with Crippen LogP contribution in [0.1, 0.15) is 25.0 Å². The summed E-state index contributed by atoms with van der Waals surface area (Å²) in [5.41, 5.74) is 1.21. The van der Waals surface area contributed by atoms with Gasteiger partial charge in [0, 0.05) is 17.6 Å². The first-order valence-electron chi connectivity index (χ1n) is 5.30. The van der Waals surface area contributed by atoms with Gasteiger partial charge < -0.3 is 10.1 Å². The van der Waals surface area contributed by atoms with E-state index in [9.17, 15) is 0 Å². The van der Waals surface area contributed by atoms with Gasteiger partial charge in [0.1, 0.15) is 0 Å². The Morgan fingerprint density at radius 3 is 2.73 bits per heavy atom. The molecule has 15 heavy (non-hydrogen) atoms. The van der Waals surface area contributed by atoms with Crippen LogP contribution in [-0.2, 0) is 4.74 Å². The average Bonchev–Trinajstić information content (AvgIpc) is 2.25. The van der Waals surface area contributed by atoms with E-state index in [4.69, 9.17) is 4.74 Å². The molecule has 0 saturated heterocycles. The number of halogens is 1. The molecule has 0 aliphatic heterocycles. The molecule has 1 N–H and O–H groups in total. The standard InChI is InChI=1S/C12H18BrNO/c1-3-8-15-12(9-14-2)10-6-4-5-7-11(10)13/h4-7,12,14H,3,8-9H2,1-2H3. The maximum Gasteiger partial charge on any atom is 0.0959 e. The van der Waals surface area contributed by atoms with Crippen molar-refractivity contribution in [2.45, 2.75) is 19.4 Å². The van der Waals surface area contributed by atoms with E-state index in [0.29, 0.717) is 0 Å². The van der Waals surface area contributed by atoms with Gasteiger partial charge in [0.2, 0.25) is 0 Å². The van der Waals surface area contributed by atoms with Gasteiger partial charge >= 0.3 is 0 Å². The summed E-state index contributed by atoms with van der Waals surface area (Å²) in [7, 11) is 1.94. The second-order valence-corrected chi connectivity index (χ2v) is 4.29. The summed E-state index contributed by atoms with van der Waals surface area (Å²) in [6.07, 6.45) is 1.18. The number of likely N-dealkylation sites (N-methyl/N-ethyl adjacent to an activating group) is 1. The van der Waals surface area contributed by atoms with Crippen molar-refractivity contribution >= 4 is 15.9 Å². The molecule has 1 rings (SSSR count). The van der Waals surface area contributed by atoms with Crippen molar-refractivity contribution in [1.29, 1.82) is 0 Å². The van der Waals surface area contributed by atoms with Gasteiger partial charge in [0.15, 0.2) is 0 Å². The fraction of sp³-hybridized carbons (Fsp3) is 0.500. The molecular formula is C12H18BrNO. The molecule has 1 unspecified atom stereocenters. The molecule has 0 fully saturated rings. The van der Waals surface area contributed by atoms with Crippen molar-refractivity contribution in [3.05, 3.63) is 34.3 Å². The zero-order valence-electron chi connectivity index (χ0n) is 9.29. The second-order valence-electron chi connectivity index (χ2n) is 3.44. The lowest BCUT2D eigenvalue weighted by atomic mass is 10.1. The average molecular weight is 272 g/mol. The normalized spacial score (nSPS) is 12.7. The third kappa shape index (κ3) is 3.93. The predicted octanol–water partition coefficient (Wildman–Crippen LogP) is 3.14. The molecule has 0 spiro atoms. The van der Waals surface area contributed by atoms with Crippen molar-refractivity contribution < 1.29 is 4.74 Å². The van der Waals surface area contributed by atoms with E-state index in [1.807, 2.05) is 25.2 Å². The number of hydrogen-bond acceptors (Lipinski definition) is 2. The number of hydrogen-bond donors (Lipinski definition) is 1. The quantitative estimate of drug-likeness (QED) is 0.859. The zero-order chi connectivity index (χ0) is 11.1. The largest absolute Gasteiger partial charge is 0.372 e. The third-order valence-electron chi connectivity index (χ3n) is 2.16. The van der Waals surface area contributed by atoms with Gasteiger partial charge in [0.05, 0.1) is 6.10 Å². The van der Waals surface area contributed by atoms with Crippen LogP contribution in [0.15, 0.2) is 28.7 Å². The first-order valence-corrected chi connectivity index (χ1v) is 6.09. The fourth-order valence-electron chi connectivity index (χ4n) is 1.44. The highest BCUT2D eigenvalue weighted by Gasteiger charge is 2.13. The van der Waals surface area contributed by atoms with E-state index in [0.717, 1.165) is 24.0 Å². The van der Waals surface area contributed by atoms with Crippen LogP contribution in [-0.4, -0.2) is 20.2 Å². The monoisotopic (exact) mass is 271 g/mol. The van der Waals surface area contributed by atoms with Gasteiger partial charge in [-0.1, -0.05) is 41.1 Å². The Morgan fingerprint density at radius 2 is 2.13 bits per heavy atom. The van der Waals surface area contributed by atoms with Gasteiger partial charge in [-0.25, -0.2) is 0 Å². The molecule has 0 aliphatic carbocycles. The zero-order valence-corrected chi connectivity index (χ0v) is 10.9. The predicted molar refractivity (Wildman–Crippen MR) is 67.1 cm³/mol. The lowest BCUT2D eigenvalue weighted by molar-refractivity contribution is 0.0539. The number of ether oxygens (including phenoxy) is 1. The summed E-state index contributed by atoms with van der Waals surface area (Å²) in [4.78, 5) is 0. The van der Waals surface area contributed by atoms with Crippen LogP contribution in [0, 0.1) is 0 Å². The van der Waals surface area contributed by atoms with Crippen molar-refractivity contribution in [1.82, 2.24) is 5.32 Å². The Morgan fingerprint density at radius 1 is 1.40 bits per heavy atom. The lowest BCUT2D eigenvalue weighted by Gasteiger charge is -2.18. The molecule has 0 aromatic heterocycles.